The minimum absolute atomic E-state index is 0.00687. The van der Waals surface area contributed by atoms with Crippen molar-refractivity contribution in [3.8, 4) is 0 Å². The smallest absolute Gasteiger partial charge is 0.315 e. The quantitative estimate of drug-likeness (QED) is 0.0199. The van der Waals surface area contributed by atoms with E-state index in [0.717, 1.165) is 64.2 Å². The van der Waals surface area contributed by atoms with Crippen molar-refractivity contribution in [2.24, 2.45) is 28.7 Å². The summed E-state index contributed by atoms with van der Waals surface area (Å²) >= 11 is 1.23. The van der Waals surface area contributed by atoms with Crippen molar-refractivity contribution < 1.29 is 52.6 Å². The summed E-state index contributed by atoms with van der Waals surface area (Å²) < 4.78 is 11.8. The number of thioether (sulfide) groups is 1. The zero-order chi connectivity index (χ0) is 75.9. The van der Waals surface area contributed by atoms with E-state index in [2.05, 4.69) is 58.0 Å². The van der Waals surface area contributed by atoms with Crippen LogP contribution in [0.25, 0.3) is 0 Å². The highest BCUT2D eigenvalue weighted by Crippen LogP contribution is 2.19. The molecule has 0 saturated carbocycles. The van der Waals surface area contributed by atoms with Crippen molar-refractivity contribution in [2.75, 3.05) is 57.4 Å². The van der Waals surface area contributed by atoms with Crippen LogP contribution in [0.4, 0.5) is 4.79 Å². The molecule has 17 N–H and O–H groups in total. The molecule has 0 aromatic rings. The molecule has 8 amide bonds. The third-order valence-corrected chi connectivity index (χ3v) is 20.2. The number of urea groups is 1. The van der Waals surface area contributed by atoms with Crippen LogP contribution in [-0.2, 0) is 47.8 Å². The second kappa shape index (κ2) is 72.8. The number of primary amides is 1. The van der Waals surface area contributed by atoms with Gasteiger partial charge in [-0.25, -0.2) is 4.79 Å². The van der Waals surface area contributed by atoms with Crippen LogP contribution in [0.15, 0.2) is 0 Å². The first-order valence-electron chi connectivity index (χ1n) is 41.7. The second-order valence-corrected chi connectivity index (χ2v) is 29.8. The normalized spacial score (nSPS) is 13.0. The van der Waals surface area contributed by atoms with Gasteiger partial charge < -0.3 is 75.4 Å². The molecule has 0 spiro atoms. The molecule has 602 valence electrons. The number of hydrogen-bond donors (Lipinski definition) is 12. The predicted molar refractivity (Wildman–Crippen MR) is 422 cm³/mol. The van der Waals surface area contributed by atoms with Crippen molar-refractivity contribution >= 4 is 65.2 Å². The standard InChI is InChI=1S/C79H154N12O11S/c1-4-7-10-13-16-19-22-25-27-30-33-36-39-54-72(93)101-62-65(102-73(94)55-40-37-34-31-28-26-23-20-17-14-11-8-5-2)63-103-64-70(91-79(100)85-60-49-38-35-32-29-24-21-18-15-12-9-6-3)75(96)86-61-71(92)87-67(51-42-46-57-81)76(97)89-69(53-44-48-59-83)78(99)90-68(52-43-47-58-82)77(98)88-66(74(84)95)50-41-45-56-80/h65-70H,4-64,80-83H2,1-3H3,(H2,84,95)(H,86,96)(H,87,92)(H,88,98)(H,89,97)(H,90,99)(H2,85,91,100)/t65?,66-,67-,68-,69-,70-/m0/s1. The fraction of sp³-hybridized carbons (Fsp3) is 0.886. The average Bonchev–Trinajstić information content (AvgIpc) is 0.876. The lowest BCUT2D eigenvalue weighted by molar-refractivity contribution is -0.157. The molecule has 0 aromatic carbocycles. The van der Waals surface area contributed by atoms with Gasteiger partial charge in [0, 0.05) is 30.9 Å². The van der Waals surface area contributed by atoms with Gasteiger partial charge in [0.1, 0.15) is 42.9 Å². The first-order valence-corrected chi connectivity index (χ1v) is 42.8. The largest absolute Gasteiger partial charge is 0.462 e. The maximum atomic E-state index is 14.3. The van der Waals surface area contributed by atoms with Gasteiger partial charge in [0.15, 0.2) is 0 Å². The summed E-state index contributed by atoms with van der Waals surface area (Å²) in [6.45, 7) is 7.71. The van der Waals surface area contributed by atoms with E-state index in [0.29, 0.717) is 96.9 Å². The maximum absolute atomic E-state index is 14.3. The molecule has 103 heavy (non-hydrogen) atoms. The topological polar surface area (TPSA) is 386 Å². The Balaban J connectivity index is 6.42. The highest BCUT2D eigenvalue weighted by Gasteiger charge is 2.32. The van der Waals surface area contributed by atoms with Crippen LogP contribution in [-0.4, -0.2) is 147 Å². The Labute approximate surface area is 629 Å². The summed E-state index contributed by atoms with van der Waals surface area (Å²) in [5, 5.41) is 19.3. The third-order valence-electron chi connectivity index (χ3n) is 19.0. The van der Waals surface area contributed by atoms with E-state index in [9.17, 15) is 43.2 Å². The molecule has 0 rings (SSSR count). The molecule has 0 saturated heterocycles. The molecule has 0 aromatic heterocycles. The number of amides is 8. The van der Waals surface area contributed by atoms with Gasteiger partial charge in [0.2, 0.25) is 35.4 Å². The fourth-order valence-electron chi connectivity index (χ4n) is 12.5. The van der Waals surface area contributed by atoms with Gasteiger partial charge in [-0.1, -0.05) is 245 Å². The number of carbonyl (C=O) groups is 9. The Bertz CT molecular complexity index is 2120. The summed E-state index contributed by atoms with van der Waals surface area (Å²) in [6.07, 6.45) is 49.0. The van der Waals surface area contributed by atoms with Gasteiger partial charge in [-0.3, -0.25) is 38.4 Å². The number of rotatable bonds is 76. The molecule has 0 fully saturated rings. The molecule has 0 bridgehead atoms. The highest BCUT2D eigenvalue weighted by atomic mass is 32.2. The van der Waals surface area contributed by atoms with Crippen molar-refractivity contribution in [3.05, 3.63) is 0 Å². The Morgan fingerprint density at radius 1 is 0.330 bits per heavy atom. The summed E-state index contributed by atoms with van der Waals surface area (Å²) in [7, 11) is 0. The van der Waals surface area contributed by atoms with Crippen LogP contribution in [0.3, 0.4) is 0 Å². The number of nitrogens with one attached hydrogen (secondary N) is 7. The van der Waals surface area contributed by atoms with E-state index in [1.165, 1.54) is 179 Å². The van der Waals surface area contributed by atoms with Gasteiger partial charge >= 0.3 is 18.0 Å². The molecule has 24 heteroatoms. The zero-order valence-corrected chi connectivity index (χ0v) is 66.2. The van der Waals surface area contributed by atoms with Crippen molar-refractivity contribution in [3.63, 3.8) is 0 Å². The lowest BCUT2D eigenvalue weighted by Gasteiger charge is -2.26. The number of ether oxygens (including phenoxy) is 2. The van der Waals surface area contributed by atoms with Gasteiger partial charge in [0.25, 0.3) is 0 Å². The van der Waals surface area contributed by atoms with Crippen LogP contribution in [0.1, 0.15) is 355 Å². The minimum Gasteiger partial charge on any atom is -0.462 e. The van der Waals surface area contributed by atoms with Crippen molar-refractivity contribution in [1.82, 2.24) is 37.2 Å². The lowest BCUT2D eigenvalue weighted by Crippen LogP contribution is -2.58. The molecule has 0 aliphatic heterocycles. The molecule has 1 unspecified atom stereocenters. The Hall–Kier alpha value is -4.78. The maximum Gasteiger partial charge on any atom is 0.315 e. The van der Waals surface area contributed by atoms with Gasteiger partial charge in [-0.05, 0) is 122 Å². The average molecular weight is 1480 g/mol. The van der Waals surface area contributed by atoms with E-state index in [4.69, 9.17) is 38.1 Å². The van der Waals surface area contributed by atoms with Gasteiger partial charge in [0.05, 0.1) is 6.54 Å². The van der Waals surface area contributed by atoms with E-state index in [1.54, 1.807) is 0 Å². The number of hydrogen-bond acceptors (Lipinski definition) is 16. The molecular weight excluding hydrogens is 1330 g/mol. The summed E-state index contributed by atoms with van der Waals surface area (Å²) in [6, 6.07) is -6.22. The van der Waals surface area contributed by atoms with E-state index >= 15 is 0 Å². The highest BCUT2D eigenvalue weighted by molar-refractivity contribution is 7.99. The monoisotopic (exact) mass is 1480 g/mol. The fourth-order valence-corrected chi connectivity index (χ4v) is 13.5. The predicted octanol–water partition coefficient (Wildman–Crippen LogP) is 12.6. The minimum atomic E-state index is -1.18. The van der Waals surface area contributed by atoms with E-state index in [1.807, 2.05) is 0 Å². The zero-order valence-electron chi connectivity index (χ0n) is 65.4. The van der Waals surface area contributed by atoms with E-state index in [-0.39, 0.29) is 62.6 Å². The van der Waals surface area contributed by atoms with Crippen LogP contribution in [0, 0.1) is 0 Å². The van der Waals surface area contributed by atoms with Gasteiger partial charge in [-0.15, -0.1) is 0 Å². The van der Waals surface area contributed by atoms with E-state index < -0.39 is 90.3 Å². The Morgan fingerprint density at radius 3 is 1.03 bits per heavy atom. The summed E-state index contributed by atoms with van der Waals surface area (Å²) in [5.74, 6) is -4.75. The second-order valence-electron chi connectivity index (χ2n) is 28.7. The number of unbranched alkanes of at least 4 members (excludes halogenated alkanes) is 39. The molecule has 0 aliphatic rings. The summed E-state index contributed by atoms with van der Waals surface area (Å²) in [4.78, 5) is 123. The molecule has 0 aliphatic carbocycles. The van der Waals surface area contributed by atoms with Crippen LogP contribution < -0.4 is 65.9 Å². The van der Waals surface area contributed by atoms with Crippen molar-refractivity contribution in [1.29, 1.82) is 0 Å². The first kappa shape index (κ1) is 98.2. The van der Waals surface area contributed by atoms with Crippen LogP contribution in [0.5, 0.6) is 0 Å². The number of nitrogens with two attached hydrogens (primary N) is 5. The first-order chi connectivity index (χ1) is 50.1. The number of esters is 2. The van der Waals surface area contributed by atoms with Crippen LogP contribution >= 0.6 is 11.8 Å². The SMILES string of the molecule is CCCCCCCCCCCCCCCC(=O)OCC(CSC[C@H](NC(=O)NCCCCCCCCCCCCCC)C(=O)NCC(=O)N[C@@H](CCCCN)C(=O)N[C@@H](CCCCN)C(=O)N[C@@H](CCCCN)C(=O)N[C@@H](CCCCN)C(N)=O)OC(=O)CCCCCCCCCCCCCCC. The third kappa shape index (κ3) is 61.0. The van der Waals surface area contributed by atoms with Crippen molar-refractivity contribution in [2.45, 2.75) is 391 Å². The molecule has 23 nitrogen and oxygen atoms in total. The molecular formula is C79H154N12O11S. The van der Waals surface area contributed by atoms with Gasteiger partial charge in [-0.2, -0.15) is 11.8 Å². The Kier molecular flexibility index (Phi) is 69.4. The Morgan fingerprint density at radius 2 is 0.660 bits per heavy atom. The molecule has 0 heterocycles. The molecule has 6 atom stereocenters. The van der Waals surface area contributed by atoms with Crippen LogP contribution in [0.2, 0.25) is 0 Å². The summed E-state index contributed by atoms with van der Waals surface area (Å²) in [5.41, 5.74) is 28.8. The number of carbonyl (C=O) groups excluding carboxylic acids is 9. The molecule has 0 radical (unpaired) electrons. The lowest BCUT2D eigenvalue weighted by atomic mass is 10.0.